The van der Waals surface area contributed by atoms with E-state index in [2.05, 4.69) is 45.9 Å². The minimum absolute atomic E-state index is 0.0520. The van der Waals surface area contributed by atoms with Crippen LogP contribution in [0.25, 0.3) is 0 Å². The predicted molar refractivity (Wildman–Crippen MR) is 91.4 cm³/mol. The van der Waals surface area contributed by atoms with E-state index >= 15 is 0 Å². The summed E-state index contributed by atoms with van der Waals surface area (Å²) < 4.78 is 0. The van der Waals surface area contributed by atoms with E-state index in [1.165, 1.54) is 5.56 Å². The molecule has 0 radical (unpaired) electrons. The van der Waals surface area contributed by atoms with Crippen LogP contribution in [-0.4, -0.2) is 28.0 Å². The van der Waals surface area contributed by atoms with E-state index in [1.807, 2.05) is 0 Å². The average molecular weight is 318 g/mol. The standard InChI is InChI=1S/C20H30O3/c1-12(2)13-6-7-15-14(10-13)16(22)17(23)18-19(3,11-21)8-5-9-20(15,18)4/h6-7,10,12,16-18,21-23H,5,8-9,11H2,1-4H3/t16-,17+,18?,19-,20-/m1/s1. The van der Waals surface area contributed by atoms with Crippen LogP contribution >= 0.6 is 0 Å². The van der Waals surface area contributed by atoms with Crippen LogP contribution < -0.4 is 0 Å². The van der Waals surface area contributed by atoms with Crippen molar-refractivity contribution in [2.24, 2.45) is 11.3 Å². The molecule has 0 bridgehead atoms. The Hall–Kier alpha value is -0.900. The molecule has 2 aliphatic rings. The van der Waals surface area contributed by atoms with E-state index in [4.69, 9.17) is 0 Å². The zero-order valence-corrected chi connectivity index (χ0v) is 14.7. The first-order valence-corrected chi connectivity index (χ1v) is 8.86. The van der Waals surface area contributed by atoms with E-state index in [0.717, 1.165) is 30.4 Å². The summed E-state index contributed by atoms with van der Waals surface area (Å²) in [5.74, 6) is 0.269. The first kappa shape index (κ1) is 16.9. The average Bonchev–Trinajstić information content (AvgIpc) is 2.52. The molecule has 0 spiro atoms. The van der Waals surface area contributed by atoms with Gasteiger partial charge in [0, 0.05) is 12.5 Å². The fraction of sp³-hybridized carbons (Fsp3) is 0.700. The molecule has 1 aromatic rings. The Morgan fingerprint density at radius 2 is 1.87 bits per heavy atom. The highest BCUT2D eigenvalue weighted by atomic mass is 16.3. The summed E-state index contributed by atoms with van der Waals surface area (Å²) in [6.45, 7) is 8.59. The lowest BCUT2D eigenvalue weighted by molar-refractivity contribution is -0.131. The third-order valence-corrected chi connectivity index (χ3v) is 6.58. The Morgan fingerprint density at radius 3 is 2.48 bits per heavy atom. The van der Waals surface area contributed by atoms with Crippen molar-refractivity contribution in [1.82, 2.24) is 0 Å². The van der Waals surface area contributed by atoms with Crippen LogP contribution in [0.3, 0.4) is 0 Å². The monoisotopic (exact) mass is 318 g/mol. The van der Waals surface area contributed by atoms with Crippen molar-refractivity contribution in [2.45, 2.75) is 70.5 Å². The molecule has 3 heteroatoms. The summed E-state index contributed by atoms with van der Waals surface area (Å²) in [4.78, 5) is 0. The maximum atomic E-state index is 10.9. The highest BCUT2D eigenvalue weighted by Crippen LogP contribution is 2.59. The molecule has 1 unspecified atom stereocenters. The molecule has 23 heavy (non-hydrogen) atoms. The molecule has 0 amide bonds. The minimum Gasteiger partial charge on any atom is -0.396 e. The lowest BCUT2D eigenvalue weighted by Crippen LogP contribution is -2.57. The van der Waals surface area contributed by atoms with Crippen LogP contribution in [0.2, 0.25) is 0 Å². The van der Waals surface area contributed by atoms with E-state index in [0.29, 0.717) is 5.92 Å². The van der Waals surface area contributed by atoms with Gasteiger partial charge in [-0.25, -0.2) is 0 Å². The van der Waals surface area contributed by atoms with Crippen LogP contribution in [0.5, 0.6) is 0 Å². The van der Waals surface area contributed by atoms with Gasteiger partial charge in [-0.1, -0.05) is 52.3 Å². The van der Waals surface area contributed by atoms with Gasteiger partial charge in [0.15, 0.2) is 0 Å². The molecule has 3 rings (SSSR count). The summed E-state index contributed by atoms with van der Waals surface area (Å²) in [7, 11) is 0. The Kier molecular flexibility index (Phi) is 4.11. The second-order valence-electron chi connectivity index (χ2n) is 8.50. The Morgan fingerprint density at radius 1 is 1.17 bits per heavy atom. The van der Waals surface area contributed by atoms with Gasteiger partial charge < -0.3 is 15.3 Å². The predicted octanol–water partition coefficient (Wildman–Crippen LogP) is 3.27. The third kappa shape index (κ3) is 2.36. The van der Waals surface area contributed by atoms with E-state index in [1.54, 1.807) is 0 Å². The smallest absolute Gasteiger partial charge is 0.105 e. The minimum atomic E-state index is -0.870. The van der Waals surface area contributed by atoms with Crippen LogP contribution in [0.1, 0.15) is 75.7 Å². The topological polar surface area (TPSA) is 60.7 Å². The number of fused-ring (bicyclic) bond motifs is 3. The second-order valence-corrected chi connectivity index (χ2v) is 8.50. The number of benzene rings is 1. The largest absolute Gasteiger partial charge is 0.396 e. The molecule has 0 aliphatic heterocycles. The van der Waals surface area contributed by atoms with Gasteiger partial charge in [0.05, 0.1) is 6.10 Å². The molecule has 3 nitrogen and oxygen atoms in total. The van der Waals surface area contributed by atoms with Gasteiger partial charge in [-0.15, -0.1) is 0 Å². The van der Waals surface area contributed by atoms with E-state index in [9.17, 15) is 15.3 Å². The van der Waals surface area contributed by atoms with Gasteiger partial charge in [-0.3, -0.25) is 0 Å². The van der Waals surface area contributed by atoms with Gasteiger partial charge in [0.1, 0.15) is 6.10 Å². The molecule has 1 saturated carbocycles. The molecule has 5 atom stereocenters. The fourth-order valence-electron chi connectivity index (χ4n) is 5.28. The molecule has 1 aromatic carbocycles. The first-order valence-electron chi connectivity index (χ1n) is 8.86. The number of hydrogen-bond donors (Lipinski definition) is 3. The highest BCUT2D eigenvalue weighted by molar-refractivity contribution is 5.44. The molecular weight excluding hydrogens is 288 g/mol. The lowest BCUT2D eigenvalue weighted by Gasteiger charge is -2.57. The van der Waals surface area contributed by atoms with E-state index < -0.39 is 12.2 Å². The third-order valence-electron chi connectivity index (χ3n) is 6.58. The molecular formula is C20H30O3. The number of hydrogen-bond acceptors (Lipinski definition) is 3. The van der Waals surface area contributed by atoms with Crippen LogP contribution in [0, 0.1) is 11.3 Å². The summed E-state index contributed by atoms with van der Waals surface area (Å²) >= 11 is 0. The van der Waals surface area contributed by atoms with Crippen molar-refractivity contribution in [3.63, 3.8) is 0 Å². The SMILES string of the molecule is CC(C)c1ccc2c(c1)[C@@H](O)[C@H](O)C1[C@@](C)(CO)CCC[C@]21C. The van der Waals surface area contributed by atoms with Crippen molar-refractivity contribution in [3.05, 3.63) is 34.9 Å². The molecule has 3 N–H and O–H groups in total. The number of aliphatic hydroxyl groups is 3. The molecule has 2 aliphatic carbocycles. The summed E-state index contributed by atoms with van der Waals surface area (Å²) in [5, 5.41) is 31.7. The molecule has 1 fully saturated rings. The first-order chi connectivity index (χ1) is 10.7. The van der Waals surface area contributed by atoms with Gasteiger partial charge in [0.25, 0.3) is 0 Å². The van der Waals surface area contributed by atoms with Gasteiger partial charge in [-0.2, -0.15) is 0 Å². The zero-order valence-electron chi connectivity index (χ0n) is 14.7. The molecule has 0 saturated heterocycles. The van der Waals surface area contributed by atoms with Crippen LogP contribution in [-0.2, 0) is 5.41 Å². The highest BCUT2D eigenvalue weighted by Gasteiger charge is 2.57. The summed E-state index contributed by atoms with van der Waals surface area (Å²) in [5.41, 5.74) is 2.69. The van der Waals surface area contributed by atoms with Gasteiger partial charge in [-0.05, 0) is 46.3 Å². The maximum absolute atomic E-state index is 10.9. The van der Waals surface area contributed by atoms with Crippen molar-refractivity contribution in [3.8, 4) is 0 Å². The number of aliphatic hydroxyl groups excluding tert-OH is 3. The van der Waals surface area contributed by atoms with Crippen LogP contribution in [0.4, 0.5) is 0 Å². The fourth-order valence-corrected chi connectivity index (χ4v) is 5.28. The normalized spacial score (nSPS) is 39.9. The number of rotatable bonds is 2. The Balaban J connectivity index is 2.18. The Labute approximate surface area is 139 Å². The van der Waals surface area contributed by atoms with Crippen molar-refractivity contribution in [1.29, 1.82) is 0 Å². The second kappa shape index (κ2) is 5.58. The zero-order chi connectivity index (χ0) is 17.0. The van der Waals surface area contributed by atoms with Crippen LogP contribution in [0.15, 0.2) is 18.2 Å². The molecule has 128 valence electrons. The molecule has 0 aromatic heterocycles. The van der Waals surface area contributed by atoms with Gasteiger partial charge >= 0.3 is 0 Å². The van der Waals surface area contributed by atoms with Crippen molar-refractivity contribution < 1.29 is 15.3 Å². The van der Waals surface area contributed by atoms with Crippen molar-refractivity contribution in [2.75, 3.05) is 6.61 Å². The van der Waals surface area contributed by atoms with Crippen molar-refractivity contribution >= 4 is 0 Å². The quantitative estimate of drug-likeness (QED) is 0.784. The Bertz CT molecular complexity index is 597. The summed E-state index contributed by atoms with van der Waals surface area (Å²) in [6, 6.07) is 6.37. The maximum Gasteiger partial charge on any atom is 0.105 e. The van der Waals surface area contributed by atoms with Gasteiger partial charge in [0.2, 0.25) is 0 Å². The summed E-state index contributed by atoms with van der Waals surface area (Å²) in [6.07, 6.45) is 1.23. The molecule has 0 heterocycles. The van der Waals surface area contributed by atoms with E-state index in [-0.39, 0.29) is 23.4 Å². The lowest BCUT2D eigenvalue weighted by atomic mass is 9.48.